The van der Waals surface area contributed by atoms with Gasteiger partial charge in [-0.25, -0.2) is 4.98 Å². The fourth-order valence-electron chi connectivity index (χ4n) is 1.54. The number of nitrogens with zero attached hydrogens (tertiary/aromatic N) is 2. The number of aromatic nitrogens is 3. The molecule has 0 saturated carbocycles. The lowest BCUT2D eigenvalue weighted by Gasteiger charge is -2.26. The zero-order chi connectivity index (χ0) is 10.6. The van der Waals surface area contributed by atoms with Crippen molar-refractivity contribution in [3.63, 3.8) is 0 Å². The molecule has 80 valence electrons. The molecule has 0 aliphatic rings. The Kier molecular flexibility index (Phi) is 3.60. The molecule has 1 aromatic rings. The molecule has 1 aromatic heterocycles. The number of methoxy groups -OCH3 is 1. The van der Waals surface area contributed by atoms with Crippen molar-refractivity contribution in [1.29, 1.82) is 0 Å². The number of aromatic amines is 1. The monoisotopic (exact) mass is 198 g/mol. The standard InChI is InChI=1S/C9H18N4O/c1-4-9(5-2,14-3)8-11-7(6-10)12-13-8/h4-6,10H2,1-3H3,(H,11,12,13). The SMILES string of the molecule is CCC(CC)(OC)c1n[nH]c(CN)n1. The van der Waals surface area contributed by atoms with E-state index in [0.717, 1.165) is 12.8 Å². The highest BCUT2D eigenvalue weighted by molar-refractivity contribution is 5.02. The van der Waals surface area contributed by atoms with E-state index in [9.17, 15) is 0 Å². The Morgan fingerprint density at radius 2 is 2.07 bits per heavy atom. The van der Waals surface area contributed by atoms with Crippen molar-refractivity contribution in [1.82, 2.24) is 15.2 Å². The number of H-pyrrole nitrogens is 1. The molecule has 1 heterocycles. The van der Waals surface area contributed by atoms with Crippen molar-refractivity contribution in [3.8, 4) is 0 Å². The normalized spacial score (nSPS) is 12.0. The molecule has 0 radical (unpaired) electrons. The first-order chi connectivity index (χ1) is 6.72. The summed E-state index contributed by atoms with van der Waals surface area (Å²) in [5.74, 6) is 1.40. The van der Waals surface area contributed by atoms with Gasteiger partial charge in [0, 0.05) is 7.11 Å². The van der Waals surface area contributed by atoms with Gasteiger partial charge in [0.2, 0.25) is 0 Å². The van der Waals surface area contributed by atoms with Crippen molar-refractivity contribution in [2.24, 2.45) is 5.73 Å². The third kappa shape index (κ3) is 1.78. The molecule has 0 fully saturated rings. The smallest absolute Gasteiger partial charge is 0.182 e. The first kappa shape index (κ1) is 11.1. The van der Waals surface area contributed by atoms with Crippen LogP contribution in [0, 0.1) is 0 Å². The summed E-state index contributed by atoms with van der Waals surface area (Å²) < 4.78 is 5.49. The summed E-state index contributed by atoms with van der Waals surface area (Å²) in [6.07, 6.45) is 1.70. The molecule has 0 unspecified atom stereocenters. The fraction of sp³-hybridized carbons (Fsp3) is 0.778. The Morgan fingerprint density at radius 1 is 1.43 bits per heavy atom. The minimum Gasteiger partial charge on any atom is -0.370 e. The van der Waals surface area contributed by atoms with Gasteiger partial charge in [-0.2, -0.15) is 5.10 Å². The van der Waals surface area contributed by atoms with Gasteiger partial charge in [0.1, 0.15) is 11.4 Å². The maximum absolute atomic E-state index is 5.49. The van der Waals surface area contributed by atoms with Crippen molar-refractivity contribution < 1.29 is 4.74 Å². The molecule has 1 rings (SSSR count). The van der Waals surface area contributed by atoms with Crippen LogP contribution in [0.5, 0.6) is 0 Å². The highest BCUT2D eigenvalue weighted by Gasteiger charge is 2.32. The lowest BCUT2D eigenvalue weighted by atomic mass is 9.96. The van der Waals surface area contributed by atoms with Crippen LogP contribution in [0.3, 0.4) is 0 Å². The molecule has 0 aromatic carbocycles. The quantitative estimate of drug-likeness (QED) is 0.737. The fourth-order valence-corrected chi connectivity index (χ4v) is 1.54. The summed E-state index contributed by atoms with van der Waals surface area (Å²) in [6.45, 7) is 4.50. The number of rotatable bonds is 5. The molecule has 5 nitrogen and oxygen atoms in total. The van der Waals surface area contributed by atoms with Crippen molar-refractivity contribution in [2.45, 2.75) is 38.8 Å². The van der Waals surface area contributed by atoms with Gasteiger partial charge < -0.3 is 10.5 Å². The van der Waals surface area contributed by atoms with E-state index in [1.165, 1.54) is 0 Å². The molecule has 5 heteroatoms. The zero-order valence-electron chi connectivity index (χ0n) is 9.00. The number of hydrogen-bond donors (Lipinski definition) is 2. The van der Waals surface area contributed by atoms with Gasteiger partial charge in [0.05, 0.1) is 6.54 Å². The molecular formula is C9H18N4O. The summed E-state index contributed by atoms with van der Waals surface area (Å²) in [4.78, 5) is 4.30. The second kappa shape index (κ2) is 4.52. The van der Waals surface area contributed by atoms with Gasteiger partial charge in [0.15, 0.2) is 5.82 Å². The average Bonchev–Trinajstić information content (AvgIpc) is 2.71. The van der Waals surface area contributed by atoms with E-state index >= 15 is 0 Å². The largest absolute Gasteiger partial charge is 0.370 e. The predicted octanol–water partition coefficient (Wildman–Crippen LogP) is 0.925. The predicted molar refractivity (Wildman–Crippen MR) is 53.5 cm³/mol. The highest BCUT2D eigenvalue weighted by atomic mass is 16.5. The van der Waals surface area contributed by atoms with E-state index in [1.54, 1.807) is 7.11 Å². The number of nitrogens with two attached hydrogens (primary N) is 1. The van der Waals surface area contributed by atoms with Crippen LogP contribution in [0.1, 0.15) is 38.3 Å². The summed E-state index contributed by atoms with van der Waals surface area (Å²) in [5, 5.41) is 6.93. The maximum Gasteiger partial charge on any atom is 0.182 e. The van der Waals surface area contributed by atoms with Gasteiger partial charge in [-0.15, -0.1) is 0 Å². The number of ether oxygens (including phenoxy) is 1. The Labute approximate surface area is 84.1 Å². The van der Waals surface area contributed by atoms with E-state index in [4.69, 9.17) is 10.5 Å². The molecule has 0 aliphatic carbocycles. The summed E-state index contributed by atoms with van der Waals surface area (Å²) in [5.41, 5.74) is 5.09. The van der Waals surface area contributed by atoms with E-state index in [0.29, 0.717) is 18.2 Å². The van der Waals surface area contributed by atoms with Crippen LogP contribution in [0.2, 0.25) is 0 Å². The van der Waals surface area contributed by atoms with Crippen LogP contribution >= 0.6 is 0 Å². The van der Waals surface area contributed by atoms with Crippen LogP contribution in [0.15, 0.2) is 0 Å². The third-order valence-corrected chi connectivity index (χ3v) is 2.67. The minimum absolute atomic E-state index is 0.371. The Bertz CT molecular complexity index is 272. The van der Waals surface area contributed by atoms with Gasteiger partial charge in [0.25, 0.3) is 0 Å². The maximum atomic E-state index is 5.49. The van der Waals surface area contributed by atoms with Crippen LogP contribution in [0.25, 0.3) is 0 Å². The first-order valence-corrected chi connectivity index (χ1v) is 4.89. The molecule has 3 N–H and O–H groups in total. The molecule has 0 spiro atoms. The Morgan fingerprint density at radius 3 is 2.43 bits per heavy atom. The van der Waals surface area contributed by atoms with Crippen LogP contribution in [-0.2, 0) is 16.9 Å². The lowest BCUT2D eigenvalue weighted by molar-refractivity contribution is -0.0289. The minimum atomic E-state index is -0.371. The van der Waals surface area contributed by atoms with Crippen LogP contribution < -0.4 is 5.73 Å². The van der Waals surface area contributed by atoms with Crippen LogP contribution in [0.4, 0.5) is 0 Å². The summed E-state index contributed by atoms with van der Waals surface area (Å²) >= 11 is 0. The Balaban J connectivity index is 2.98. The summed E-state index contributed by atoms with van der Waals surface area (Å²) in [7, 11) is 1.69. The van der Waals surface area contributed by atoms with Gasteiger partial charge >= 0.3 is 0 Å². The van der Waals surface area contributed by atoms with E-state index in [-0.39, 0.29) is 5.60 Å². The van der Waals surface area contributed by atoms with Gasteiger partial charge in [-0.05, 0) is 12.8 Å². The Hall–Kier alpha value is -0.940. The second-order valence-corrected chi connectivity index (χ2v) is 3.22. The molecular weight excluding hydrogens is 180 g/mol. The van der Waals surface area contributed by atoms with Crippen LogP contribution in [-0.4, -0.2) is 22.3 Å². The molecule has 0 bridgehead atoms. The molecule has 0 saturated heterocycles. The summed E-state index contributed by atoms with van der Waals surface area (Å²) in [6, 6.07) is 0. The number of nitrogens with one attached hydrogen (secondary N) is 1. The average molecular weight is 198 g/mol. The van der Waals surface area contributed by atoms with Crippen molar-refractivity contribution in [3.05, 3.63) is 11.6 Å². The molecule has 14 heavy (non-hydrogen) atoms. The van der Waals surface area contributed by atoms with Crippen molar-refractivity contribution >= 4 is 0 Å². The lowest BCUT2D eigenvalue weighted by Crippen LogP contribution is -2.28. The first-order valence-electron chi connectivity index (χ1n) is 4.89. The highest BCUT2D eigenvalue weighted by Crippen LogP contribution is 2.29. The molecule has 0 amide bonds. The van der Waals surface area contributed by atoms with Crippen molar-refractivity contribution in [2.75, 3.05) is 7.11 Å². The second-order valence-electron chi connectivity index (χ2n) is 3.22. The van der Waals surface area contributed by atoms with Gasteiger partial charge in [-0.1, -0.05) is 13.8 Å². The topological polar surface area (TPSA) is 76.8 Å². The molecule has 0 aliphatic heterocycles. The zero-order valence-corrected chi connectivity index (χ0v) is 9.00. The number of hydrogen-bond acceptors (Lipinski definition) is 4. The van der Waals surface area contributed by atoms with E-state index in [1.807, 2.05) is 0 Å². The van der Waals surface area contributed by atoms with E-state index in [2.05, 4.69) is 29.0 Å². The van der Waals surface area contributed by atoms with Gasteiger partial charge in [-0.3, -0.25) is 5.10 Å². The molecule has 0 atom stereocenters. The third-order valence-electron chi connectivity index (χ3n) is 2.67. The van der Waals surface area contributed by atoms with E-state index < -0.39 is 0 Å².